The molecule has 0 aliphatic carbocycles. The van der Waals surface area contributed by atoms with Gasteiger partial charge in [-0.1, -0.05) is 97.1 Å². The minimum absolute atomic E-state index is 0.762. The lowest BCUT2D eigenvalue weighted by Gasteiger charge is -2.27. The van der Waals surface area contributed by atoms with Gasteiger partial charge in [-0.3, -0.25) is 15.0 Å². The monoisotopic (exact) mass is 1470 g/mol. The lowest BCUT2D eigenvalue weighted by atomic mass is 9.86. The number of alkyl halides is 9. The fourth-order valence-electron chi connectivity index (χ4n) is 13.1. The third kappa shape index (κ3) is 13.3. The molecule has 0 saturated heterocycles. The molecule has 12 heterocycles. The largest absolute Gasteiger partial charge is 0.542 e. The zero-order valence-corrected chi connectivity index (χ0v) is 56.1. The Kier molecular flexibility index (Phi) is 18.6. The molecule has 0 unspecified atom stereocenters. The summed E-state index contributed by atoms with van der Waals surface area (Å²) in [4.78, 5) is 40.5. The van der Waals surface area contributed by atoms with Crippen molar-refractivity contribution >= 4 is 106 Å². The smallest absolute Gasteiger partial charge is 0.430 e. The first-order chi connectivity index (χ1) is 51.8. The van der Waals surface area contributed by atoms with Crippen molar-refractivity contribution in [2.75, 3.05) is 0 Å². The van der Waals surface area contributed by atoms with Crippen LogP contribution in [0, 0.1) is 0 Å². The number of carbonyl (C=O) groups is 3. The molecule has 0 atom stereocenters. The van der Waals surface area contributed by atoms with E-state index in [-0.39, 0.29) is 0 Å². The van der Waals surface area contributed by atoms with Gasteiger partial charge >= 0.3 is 18.5 Å². The molecule has 0 N–H and O–H groups in total. The van der Waals surface area contributed by atoms with Gasteiger partial charge in [0.25, 0.3) is 16.9 Å². The predicted octanol–water partition coefficient (Wildman–Crippen LogP) is 14.2. The number of carboxylic acids is 3. The Morgan fingerprint density at radius 3 is 1.06 bits per heavy atom. The third-order valence-electron chi connectivity index (χ3n) is 17.4. The lowest BCUT2D eigenvalue weighted by molar-refractivity contribution is -0.674. The fourth-order valence-corrected chi connectivity index (χ4v) is 13.1. The molecular weight excluding hydrogens is 1420 g/mol. The number of aromatic nitrogens is 6. The van der Waals surface area contributed by atoms with Gasteiger partial charge in [0, 0.05) is 86.3 Å². The van der Waals surface area contributed by atoms with Crippen LogP contribution in [0.5, 0.6) is 46.0 Å². The number of halogens is 9. The SMILES string of the molecule is C[n+]1cccc2c1/C(=C1/c3ccccc3Oc3cccnc31)c1ccccc1O2.C[n+]1cccc2c1/C(=C1\c3ccccc3Oc3cccnc31)c1ccccc1O2.C[n+]1cccc2oc3cccc4c5cccc6oc7cccnc7c(c65)c(c34)c21.O=C([O-])C(F)(F)F.O=C([O-])C(F)(F)F.O=C([O-])C(F)(F)F. The Hall–Kier alpha value is -14.0. The number of aliphatic carboxylic acids is 3. The number of ether oxygens (including phenoxy) is 4. The van der Waals surface area contributed by atoms with Crippen molar-refractivity contribution in [3.63, 3.8) is 0 Å². The number of carbonyl (C=O) groups excluding carboxylic acids is 3. The van der Waals surface area contributed by atoms with E-state index in [1.54, 1.807) is 0 Å². The second kappa shape index (κ2) is 28.2. The van der Waals surface area contributed by atoms with E-state index in [0.29, 0.717) is 0 Å². The van der Waals surface area contributed by atoms with E-state index in [0.717, 1.165) is 179 Å². The molecular formula is C81H49F9N6O12. The number of rotatable bonds is 0. The summed E-state index contributed by atoms with van der Waals surface area (Å²) in [6.07, 6.45) is -3.98. The number of nitrogens with zero attached hydrogens (tertiary/aromatic N) is 6. The maximum absolute atomic E-state index is 10.5. The standard InChI is InChI=1S/C25H15N2O2.2C25H17N2O2.3C2HF3O2/c1-27-13-5-11-19-25(27)23-21-15(7-3-9-17(21)29-19)14-6-2-8-16-20(14)22(23)24-18(28-16)10-4-12-26-24;2*1-27-15-7-13-21-25(27)23(17-9-3-5-11-19(17)29-21)22-16-8-2-4-10-18(16)28-20-12-6-14-26-24(20)22;3*3-2(4,5)1(6)7/h2-13H,1H3;2*2-15H,1H3;3*(H,6,7)/q3*+1;;;/p-3/b;23-22+;23-22-;;;. The first kappa shape index (κ1) is 71.0. The van der Waals surface area contributed by atoms with Crippen molar-refractivity contribution in [2.45, 2.75) is 18.5 Å². The topological polar surface area (TPSA) is 234 Å². The lowest BCUT2D eigenvalue weighted by Crippen LogP contribution is -2.37. The van der Waals surface area contributed by atoms with Crippen LogP contribution in [0.3, 0.4) is 0 Å². The van der Waals surface area contributed by atoms with Crippen molar-refractivity contribution in [1.29, 1.82) is 0 Å². The number of hydrogen-bond acceptors (Lipinski definition) is 15. The molecule has 8 aromatic heterocycles. The Balaban J connectivity index is 0.000000120. The maximum Gasteiger partial charge on any atom is 0.430 e. The summed E-state index contributed by atoms with van der Waals surface area (Å²) in [7, 11) is 6.14. The summed E-state index contributed by atoms with van der Waals surface area (Å²) in [6.45, 7) is 0. The van der Waals surface area contributed by atoms with Gasteiger partial charge in [-0.15, -0.1) is 0 Å². The van der Waals surface area contributed by atoms with E-state index in [2.05, 4.69) is 75.5 Å². The molecule has 18 nitrogen and oxygen atoms in total. The fraction of sp³-hybridized carbons (Fsp3) is 0.0741. The number of carboxylic acid groups (broad SMARTS) is 3. The molecule has 108 heavy (non-hydrogen) atoms. The number of para-hydroxylation sites is 4. The number of hydrogen-bond donors (Lipinski definition) is 0. The summed E-state index contributed by atoms with van der Waals surface area (Å²) in [5, 5.41) is 33.2. The quantitative estimate of drug-likeness (QED) is 0.0594. The molecule has 19 rings (SSSR count). The molecule has 7 aromatic carbocycles. The van der Waals surface area contributed by atoms with Crippen LogP contribution in [0.2, 0.25) is 0 Å². The molecule has 4 aliphatic rings. The Morgan fingerprint density at radius 1 is 0.324 bits per heavy atom. The number of fused-ring (bicyclic) bond motifs is 14. The van der Waals surface area contributed by atoms with E-state index < -0.39 is 36.4 Å². The van der Waals surface area contributed by atoms with Gasteiger partial charge in [0.15, 0.2) is 52.8 Å². The van der Waals surface area contributed by atoms with Crippen molar-refractivity contribution in [3.05, 3.63) is 288 Å². The molecule has 0 spiro atoms. The molecule has 0 saturated carbocycles. The van der Waals surface area contributed by atoms with Gasteiger partial charge in [0.05, 0.1) is 16.5 Å². The van der Waals surface area contributed by atoms with Crippen LogP contribution in [-0.4, -0.2) is 51.4 Å². The van der Waals surface area contributed by atoms with Crippen LogP contribution in [0.4, 0.5) is 39.5 Å². The first-order valence-electron chi connectivity index (χ1n) is 32.4. The van der Waals surface area contributed by atoms with Crippen LogP contribution in [0.1, 0.15) is 45.0 Å². The van der Waals surface area contributed by atoms with Crippen LogP contribution >= 0.6 is 0 Å². The van der Waals surface area contributed by atoms with Crippen molar-refractivity contribution in [2.24, 2.45) is 21.1 Å². The molecule has 0 fully saturated rings. The maximum atomic E-state index is 10.5. The highest BCUT2D eigenvalue weighted by Gasteiger charge is 2.39. The highest BCUT2D eigenvalue weighted by atomic mass is 19.4. The number of pyridine rings is 6. The van der Waals surface area contributed by atoms with Crippen LogP contribution < -0.4 is 48.0 Å². The molecule has 4 aliphatic heterocycles. The zero-order valence-electron chi connectivity index (χ0n) is 56.1. The van der Waals surface area contributed by atoms with Gasteiger partial charge in [0.1, 0.15) is 90.1 Å². The van der Waals surface area contributed by atoms with Crippen LogP contribution in [-0.2, 0) is 35.5 Å². The second-order valence-electron chi connectivity index (χ2n) is 24.1. The zero-order chi connectivity index (χ0) is 76.1. The molecule has 0 radical (unpaired) electrons. The Bertz CT molecular complexity index is 5870. The summed E-state index contributed by atoms with van der Waals surface area (Å²) in [6, 6.07) is 68.8. The van der Waals surface area contributed by atoms with Gasteiger partial charge in [-0.2, -0.15) is 53.2 Å². The van der Waals surface area contributed by atoms with Crippen LogP contribution in [0.25, 0.3) is 88.0 Å². The average molecular weight is 1470 g/mol. The summed E-state index contributed by atoms with van der Waals surface area (Å²) in [5.74, 6) is -2.48. The Labute approximate surface area is 603 Å². The molecule has 27 heteroatoms. The van der Waals surface area contributed by atoms with Gasteiger partial charge in [0.2, 0.25) is 0 Å². The molecule has 0 bridgehead atoms. The molecule has 15 aromatic rings. The van der Waals surface area contributed by atoms with E-state index in [1.807, 2.05) is 203 Å². The normalized spacial score (nSPS) is 14.0. The minimum atomic E-state index is -5.19. The van der Waals surface area contributed by atoms with E-state index >= 15 is 0 Å². The van der Waals surface area contributed by atoms with E-state index in [1.165, 1.54) is 0 Å². The summed E-state index contributed by atoms with van der Waals surface area (Å²) in [5.41, 5.74) is 17.5. The van der Waals surface area contributed by atoms with E-state index in [9.17, 15) is 39.5 Å². The highest BCUT2D eigenvalue weighted by Crippen LogP contribution is 2.54. The number of benzene rings is 7. The average Bonchev–Trinajstić information content (AvgIpc) is 0.708. The molecule has 0 amide bonds. The van der Waals surface area contributed by atoms with Crippen molar-refractivity contribution in [3.8, 4) is 46.0 Å². The Morgan fingerprint density at radius 2 is 0.639 bits per heavy atom. The van der Waals surface area contributed by atoms with Gasteiger partial charge in [-0.25, -0.2) is 0 Å². The van der Waals surface area contributed by atoms with Gasteiger partial charge in [-0.05, 0) is 102 Å². The summed E-state index contributed by atoms with van der Waals surface area (Å²) < 4.78 is 138. The summed E-state index contributed by atoms with van der Waals surface area (Å²) >= 11 is 0. The predicted molar refractivity (Wildman–Crippen MR) is 368 cm³/mol. The van der Waals surface area contributed by atoms with Crippen molar-refractivity contribution in [1.82, 2.24) is 15.0 Å². The molecule has 538 valence electrons. The number of aryl methyl sites for hydroxylation is 3. The van der Waals surface area contributed by atoms with Crippen LogP contribution in [0.15, 0.2) is 252 Å². The highest BCUT2D eigenvalue weighted by molar-refractivity contribution is 6.39. The van der Waals surface area contributed by atoms with Gasteiger partial charge < -0.3 is 57.5 Å². The second-order valence-corrected chi connectivity index (χ2v) is 24.1. The minimum Gasteiger partial charge on any atom is -0.542 e. The first-order valence-corrected chi connectivity index (χ1v) is 32.4. The van der Waals surface area contributed by atoms with Crippen molar-refractivity contribution < 1.29 is 111 Å². The van der Waals surface area contributed by atoms with E-state index in [4.69, 9.17) is 72.4 Å². The third-order valence-corrected chi connectivity index (χ3v) is 17.4.